The number of amides is 1. The molecule has 4 rings (SSSR count). The second kappa shape index (κ2) is 6.99. The van der Waals surface area contributed by atoms with Crippen LogP contribution in [0.2, 0.25) is 0 Å². The van der Waals surface area contributed by atoms with Gasteiger partial charge in [0, 0.05) is 18.0 Å². The number of nitrogens with zero attached hydrogens (tertiary/aromatic N) is 2. The van der Waals surface area contributed by atoms with Crippen molar-refractivity contribution in [1.82, 2.24) is 10.1 Å². The zero-order valence-corrected chi connectivity index (χ0v) is 15.6. The third-order valence-electron chi connectivity index (χ3n) is 5.06. The Hall–Kier alpha value is -2.95. The second-order valence-corrected chi connectivity index (χ2v) is 7.48. The molecule has 5 heteroatoms. The molecule has 3 aromatic rings. The zero-order chi connectivity index (χ0) is 18.9. The third-order valence-corrected chi connectivity index (χ3v) is 5.06. The summed E-state index contributed by atoms with van der Waals surface area (Å²) in [5.74, 6) is 1.63. The van der Waals surface area contributed by atoms with Crippen LogP contribution in [0.25, 0.3) is 0 Å². The molecule has 5 nitrogen and oxygen atoms in total. The van der Waals surface area contributed by atoms with Gasteiger partial charge >= 0.3 is 0 Å². The molecule has 1 amide bonds. The van der Waals surface area contributed by atoms with E-state index in [0.29, 0.717) is 18.1 Å². The standard InChI is InChI=1S/C22H23N3O2/c1-15(2)20-24-19(25-27-20)14-16-8-10-18(11-9-16)23-21(26)22(12-13-22)17-6-4-3-5-7-17/h3-11,15H,12-14H2,1-2H3,(H,23,26). The van der Waals surface area contributed by atoms with E-state index in [1.165, 1.54) is 0 Å². The Morgan fingerprint density at radius 3 is 2.41 bits per heavy atom. The van der Waals surface area contributed by atoms with E-state index in [1.54, 1.807) is 0 Å². The molecule has 0 saturated heterocycles. The highest BCUT2D eigenvalue weighted by Crippen LogP contribution is 2.48. The molecule has 0 bridgehead atoms. The van der Waals surface area contributed by atoms with Crippen LogP contribution in [-0.4, -0.2) is 16.0 Å². The molecule has 138 valence electrons. The van der Waals surface area contributed by atoms with Gasteiger partial charge in [0.25, 0.3) is 0 Å². The number of benzene rings is 2. The average Bonchev–Trinajstić information content (AvgIpc) is 3.37. The fraction of sp³-hybridized carbons (Fsp3) is 0.318. The molecule has 0 radical (unpaired) electrons. The van der Waals surface area contributed by atoms with Gasteiger partial charge in [0.05, 0.1) is 5.41 Å². The van der Waals surface area contributed by atoms with E-state index in [4.69, 9.17) is 4.52 Å². The molecule has 1 aliphatic carbocycles. The number of anilines is 1. The molecule has 1 aromatic heterocycles. The molecule has 1 N–H and O–H groups in total. The number of hydrogen-bond donors (Lipinski definition) is 1. The van der Waals surface area contributed by atoms with E-state index in [2.05, 4.69) is 15.5 Å². The maximum atomic E-state index is 12.8. The van der Waals surface area contributed by atoms with Crippen LogP contribution < -0.4 is 5.32 Å². The van der Waals surface area contributed by atoms with Gasteiger partial charge in [-0.15, -0.1) is 0 Å². The quantitative estimate of drug-likeness (QED) is 0.704. The number of carbonyl (C=O) groups is 1. The molecule has 0 spiro atoms. The maximum absolute atomic E-state index is 12.8. The second-order valence-electron chi connectivity index (χ2n) is 7.48. The Balaban J connectivity index is 1.41. The molecule has 0 atom stereocenters. The van der Waals surface area contributed by atoms with Gasteiger partial charge in [-0.25, -0.2) is 0 Å². The van der Waals surface area contributed by atoms with Crippen LogP contribution >= 0.6 is 0 Å². The Labute approximate surface area is 158 Å². The summed E-state index contributed by atoms with van der Waals surface area (Å²) in [5, 5.41) is 7.09. The molecule has 1 fully saturated rings. The van der Waals surface area contributed by atoms with Gasteiger partial charge in [0.15, 0.2) is 5.82 Å². The summed E-state index contributed by atoms with van der Waals surface area (Å²) < 4.78 is 5.24. The van der Waals surface area contributed by atoms with Crippen molar-refractivity contribution in [3.8, 4) is 0 Å². The normalized spacial score (nSPS) is 14.9. The van der Waals surface area contributed by atoms with E-state index in [9.17, 15) is 4.79 Å². The first-order valence-electron chi connectivity index (χ1n) is 9.35. The highest BCUT2D eigenvalue weighted by Gasteiger charge is 2.51. The molecular weight excluding hydrogens is 338 g/mol. The first kappa shape index (κ1) is 17.5. The number of carbonyl (C=O) groups excluding carboxylic acids is 1. The first-order valence-corrected chi connectivity index (χ1v) is 9.35. The monoisotopic (exact) mass is 361 g/mol. The highest BCUT2D eigenvalue weighted by molar-refractivity contribution is 6.01. The third kappa shape index (κ3) is 3.63. The maximum Gasteiger partial charge on any atom is 0.235 e. The number of hydrogen-bond acceptors (Lipinski definition) is 4. The lowest BCUT2D eigenvalue weighted by atomic mass is 9.95. The van der Waals surface area contributed by atoms with Gasteiger partial charge < -0.3 is 9.84 Å². The minimum absolute atomic E-state index is 0.0705. The van der Waals surface area contributed by atoms with Gasteiger partial charge in [-0.1, -0.05) is 61.5 Å². The van der Waals surface area contributed by atoms with Crippen molar-refractivity contribution in [2.75, 3.05) is 5.32 Å². The van der Waals surface area contributed by atoms with Crippen LogP contribution in [-0.2, 0) is 16.6 Å². The van der Waals surface area contributed by atoms with Crippen molar-refractivity contribution >= 4 is 11.6 Å². The molecular formula is C22H23N3O2. The van der Waals surface area contributed by atoms with Crippen molar-refractivity contribution in [2.24, 2.45) is 0 Å². The molecule has 27 heavy (non-hydrogen) atoms. The van der Waals surface area contributed by atoms with Gasteiger partial charge in [-0.2, -0.15) is 4.98 Å². The largest absolute Gasteiger partial charge is 0.339 e. The van der Waals surface area contributed by atoms with Crippen LogP contribution in [0, 0.1) is 0 Å². The van der Waals surface area contributed by atoms with Crippen LogP contribution in [0.3, 0.4) is 0 Å². The zero-order valence-electron chi connectivity index (χ0n) is 15.6. The Bertz CT molecular complexity index is 926. The Kier molecular flexibility index (Phi) is 4.52. The van der Waals surface area contributed by atoms with Crippen molar-refractivity contribution in [3.63, 3.8) is 0 Å². The number of nitrogens with one attached hydrogen (secondary N) is 1. The fourth-order valence-corrected chi connectivity index (χ4v) is 3.24. The summed E-state index contributed by atoms with van der Waals surface area (Å²) >= 11 is 0. The van der Waals surface area contributed by atoms with E-state index < -0.39 is 0 Å². The summed E-state index contributed by atoms with van der Waals surface area (Å²) in [6.45, 7) is 4.05. The summed E-state index contributed by atoms with van der Waals surface area (Å²) in [6.07, 6.45) is 2.41. The SMILES string of the molecule is CC(C)c1nc(Cc2ccc(NC(=O)C3(c4ccccc4)CC3)cc2)no1. The fourth-order valence-electron chi connectivity index (χ4n) is 3.24. The number of aromatic nitrogens is 2. The van der Waals surface area contributed by atoms with Crippen molar-refractivity contribution in [3.05, 3.63) is 77.4 Å². The van der Waals surface area contributed by atoms with Gasteiger partial charge in [-0.3, -0.25) is 4.79 Å². The lowest BCUT2D eigenvalue weighted by Crippen LogP contribution is -2.27. The van der Waals surface area contributed by atoms with Crippen molar-refractivity contribution in [1.29, 1.82) is 0 Å². The minimum Gasteiger partial charge on any atom is -0.339 e. The summed E-state index contributed by atoms with van der Waals surface area (Å²) in [7, 11) is 0. The Morgan fingerprint density at radius 2 is 1.81 bits per heavy atom. The molecule has 1 heterocycles. The topological polar surface area (TPSA) is 68.0 Å². The summed E-state index contributed by atoms with van der Waals surface area (Å²) in [4.78, 5) is 17.2. The lowest BCUT2D eigenvalue weighted by molar-refractivity contribution is -0.118. The summed E-state index contributed by atoms with van der Waals surface area (Å²) in [6, 6.07) is 17.9. The lowest BCUT2D eigenvalue weighted by Gasteiger charge is -2.16. The Morgan fingerprint density at radius 1 is 1.11 bits per heavy atom. The van der Waals surface area contributed by atoms with Crippen LogP contribution in [0.15, 0.2) is 59.1 Å². The molecule has 2 aromatic carbocycles. The van der Waals surface area contributed by atoms with E-state index >= 15 is 0 Å². The van der Waals surface area contributed by atoms with Crippen molar-refractivity contribution < 1.29 is 9.32 Å². The van der Waals surface area contributed by atoms with E-state index in [1.807, 2.05) is 68.4 Å². The van der Waals surface area contributed by atoms with Gasteiger partial charge in [0.2, 0.25) is 11.8 Å². The molecule has 1 saturated carbocycles. The average molecular weight is 361 g/mol. The predicted octanol–water partition coefficient (Wildman–Crippen LogP) is 4.45. The van der Waals surface area contributed by atoms with Crippen LogP contribution in [0.1, 0.15) is 55.4 Å². The van der Waals surface area contributed by atoms with Gasteiger partial charge in [0.1, 0.15) is 0 Å². The highest BCUT2D eigenvalue weighted by atomic mass is 16.5. The van der Waals surface area contributed by atoms with E-state index in [-0.39, 0.29) is 17.2 Å². The van der Waals surface area contributed by atoms with E-state index in [0.717, 1.165) is 29.7 Å². The molecule has 0 aliphatic heterocycles. The predicted molar refractivity (Wildman–Crippen MR) is 104 cm³/mol. The van der Waals surface area contributed by atoms with Gasteiger partial charge in [-0.05, 0) is 36.1 Å². The number of rotatable bonds is 6. The molecule has 1 aliphatic rings. The first-order chi connectivity index (χ1) is 13.1. The van der Waals surface area contributed by atoms with Crippen LogP contribution in [0.4, 0.5) is 5.69 Å². The minimum atomic E-state index is -0.363. The smallest absolute Gasteiger partial charge is 0.235 e. The van der Waals surface area contributed by atoms with Crippen LogP contribution in [0.5, 0.6) is 0 Å². The molecule has 0 unspecified atom stereocenters. The van der Waals surface area contributed by atoms with Crippen molar-refractivity contribution in [2.45, 2.75) is 44.4 Å². The summed E-state index contributed by atoms with van der Waals surface area (Å²) in [5.41, 5.74) is 2.62.